The van der Waals surface area contributed by atoms with Crippen molar-refractivity contribution in [1.82, 2.24) is 19.4 Å². The fraction of sp³-hybridized carbons (Fsp3) is 0.348. The highest BCUT2D eigenvalue weighted by molar-refractivity contribution is 6.34. The van der Waals surface area contributed by atoms with Crippen molar-refractivity contribution in [3.05, 3.63) is 52.7 Å². The normalized spacial score (nSPS) is 19.6. The standard InChI is InChI=1S/C23H22ClFN8/c1-13-9-30(19-4-3-14(7-26)33-22(19)17(25)8-28-33)10-21-15-5-16(24)20(6-18(15)29-32(13)21)31-11-23(2,27)12-31/h3-6,8,13H,9-12,27H2,1-2H3/t13-/m1/s1. The average Bonchev–Trinajstić information content (AvgIpc) is 3.32. The third kappa shape index (κ3) is 2.98. The van der Waals surface area contributed by atoms with Gasteiger partial charge in [-0.15, -0.1) is 0 Å². The van der Waals surface area contributed by atoms with Crippen LogP contribution >= 0.6 is 11.6 Å². The maximum Gasteiger partial charge on any atom is 0.171 e. The van der Waals surface area contributed by atoms with Crippen LogP contribution in [0.2, 0.25) is 5.02 Å². The molecule has 1 aromatic carbocycles. The zero-order valence-electron chi connectivity index (χ0n) is 18.3. The number of nitriles is 1. The van der Waals surface area contributed by atoms with Gasteiger partial charge in [0.1, 0.15) is 17.3 Å². The van der Waals surface area contributed by atoms with Crippen LogP contribution in [0, 0.1) is 17.1 Å². The van der Waals surface area contributed by atoms with Crippen molar-refractivity contribution < 1.29 is 4.39 Å². The molecule has 33 heavy (non-hydrogen) atoms. The van der Waals surface area contributed by atoms with Gasteiger partial charge in [0.05, 0.1) is 46.4 Å². The monoisotopic (exact) mass is 464 g/mol. The highest BCUT2D eigenvalue weighted by Gasteiger charge is 2.36. The number of hydrogen-bond donors (Lipinski definition) is 1. The lowest BCUT2D eigenvalue weighted by Crippen LogP contribution is -2.65. The minimum atomic E-state index is -0.451. The first kappa shape index (κ1) is 20.3. The number of anilines is 2. The Kier molecular flexibility index (Phi) is 4.19. The van der Waals surface area contributed by atoms with E-state index in [1.807, 2.05) is 23.7 Å². The summed E-state index contributed by atoms with van der Waals surface area (Å²) in [6, 6.07) is 9.59. The molecule has 6 rings (SSSR count). The molecule has 8 nitrogen and oxygen atoms in total. The van der Waals surface area contributed by atoms with Gasteiger partial charge < -0.3 is 15.5 Å². The molecule has 2 aliphatic heterocycles. The number of pyridine rings is 1. The molecule has 10 heteroatoms. The second-order valence-corrected chi connectivity index (χ2v) is 9.83. The van der Waals surface area contributed by atoms with Crippen LogP contribution in [0.1, 0.15) is 31.3 Å². The molecule has 0 aliphatic carbocycles. The molecule has 2 aliphatic rings. The molecule has 0 unspecified atom stereocenters. The zero-order valence-corrected chi connectivity index (χ0v) is 19.0. The van der Waals surface area contributed by atoms with Gasteiger partial charge in [-0.2, -0.15) is 15.5 Å². The topological polar surface area (TPSA) is 91.4 Å². The highest BCUT2D eigenvalue weighted by Crippen LogP contribution is 2.39. The molecule has 0 saturated carbocycles. The van der Waals surface area contributed by atoms with Crippen LogP contribution < -0.4 is 15.5 Å². The molecule has 1 fully saturated rings. The molecule has 1 saturated heterocycles. The predicted octanol–water partition coefficient (Wildman–Crippen LogP) is 3.47. The molecular formula is C23H22ClFN8. The number of halogens is 2. The van der Waals surface area contributed by atoms with Gasteiger partial charge in [0.15, 0.2) is 5.82 Å². The van der Waals surface area contributed by atoms with Crippen molar-refractivity contribution >= 4 is 39.4 Å². The van der Waals surface area contributed by atoms with Crippen molar-refractivity contribution in [1.29, 1.82) is 5.26 Å². The lowest BCUT2D eigenvalue weighted by Gasteiger charge is -2.47. The summed E-state index contributed by atoms with van der Waals surface area (Å²) in [6.07, 6.45) is 1.15. The number of rotatable bonds is 2. The lowest BCUT2D eigenvalue weighted by molar-refractivity contribution is 0.365. The molecule has 2 N–H and O–H groups in total. The van der Waals surface area contributed by atoms with Crippen LogP contribution in [0.25, 0.3) is 16.4 Å². The summed E-state index contributed by atoms with van der Waals surface area (Å²) in [7, 11) is 0. The fourth-order valence-electron chi connectivity index (χ4n) is 5.14. The quantitative estimate of drug-likeness (QED) is 0.488. The number of nitrogens with zero attached hydrogens (tertiary/aromatic N) is 7. The summed E-state index contributed by atoms with van der Waals surface area (Å²) in [5.74, 6) is -0.451. The van der Waals surface area contributed by atoms with Crippen LogP contribution in [0.4, 0.5) is 15.8 Å². The van der Waals surface area contributed by atoms with Gasteiger partial charge in [-0.1, -0.05) is 11.6 Å². The molecule has 0 amide bonds. The van der Waals surface area contributed by atoms with Crippen LogP contribution in [0.15, 0.2) is 30.5 Å². The average molecular weight is 465 g/mol. The third-order valence-corrected chi connectivity index (χ3v) is 6.91. The van der Waals surface area contributed by atoms with E-state index in [2.05, 4.69) is 27.9 Å². The SMILES string of the molecule is C[C@@H]1CN(c2ccc(C#N)n3ncc(F)c23)Cc2c3cc(Cl)c(N4CC(C)(N)C4)cc3nn21. The van der Waals surface area contributed by atoms with Gasteiger partial charge in [0.25, 0.3) is 0 Å². The molecule has 0 spiro atoms. The maximum absolute atomic E-state index is 14.7. The van der Waals surface area contributed by atoms with Crippen molar-refractivity contribution in [3.63, 3.8) is 0 Å². The fourth-order valence-corrected chi connectivity index (χ4v) is 5.42. The van der Waals surface area contributed by atoms with Gasteiger partial charge in [0.2, 0.25) is 0 Å². The minimum Gasteiger partial charge on any atom is -0.366 e. The Morgan fingerprint density at radius 3 is 2.76 bits per heavy atom. The minimum absolute atomic E-state index is 0.0568. The molecule has 3 aromatic heterocycles. The summed E-state index contributed by atoms with van der Waals surface area (Å²) < 4.78 is 18.1. The first-order valence-corrected chi connectivity index (χ1v) is 11.2. The molecular weight excluding hydrogens is 443 g/mol. The Labute approximate surface area is 194 Å². The highest BCUT2D eigenvalue weighted by atomic mass is 35.5. The number of nitrogens with two attached hydrogens (primary N) is 1. The van der Waals surface area contributed by atoms with Crippen molar-refractivity contribution in [2.75, 3.05) is 29.4 Å². The largest absolute Gasteiger partial charge is 0.366 e. The molecule has 4 aromatic rings. The molecule has 0 radical (unpaired) electrons. The molecule has 0 bridgehead atoms. The van der Waals surface area contributed by atoms with Gasteiger partial charge in [-0.25, -0.2) is 8.91 Å². The molecule has 5 heterocycles. The predicted molar refractivity (Wildman–Crippen MR) is 125 cm³/mol. The summed E-state index contributed by atoms with van der Waals surface area (Å²) in [4.78, 5) is 4.28. The van der Waals surface area contributed by atoms with Crippen molar-refractivity contribution in [2.45, 2.75) is 32.0 Å². The Morgan fingerprint density at radius 2 is 2.03 bits per heavy atom. The number of aromatic nitrogens is 4. The Bertz CT molecular complexity index is 1470. The first-order chi connectivity index (χ1) is 15.8. The molecule has 168 valence electrons. The maximum atomic E-state index is 14.7. The van der Waals surface area contributed by atoms with Gasteiger partial charge in [0, 0.05) is 30.6 Å². The van der Waals surface area contributed by atoms with Gasteiger partial charge in [-0.05, 0) is 38.1 Å². The van der Waals surface area contributed by atoms with Crippen LogP contribution in [-0.2, 0) is 6.54 Å². The Morgan fingerprint density at radius 1 is 1.24 bits per heavy atom. The van der Waals surface area contributed by atoms with E-state index in [0.29, 0.717) is 29.3 Å². The number of benzene rings is 1. The first-order valence-electron chi connectivity index (χ1n) is 10.8. The lowest BCUT2D eigenvalue weighted by atomic mass is 9.93. The van der Waals surface area contributed by atoms with Crippen LogP contribution in [0.5, 0.6) is 0 Å². The second-order valence-electron chi connectivity index (χ2n) is 9.42. The van der Waals surface area contributed by atoms with Crippen LogP contribution in [-0.4, -0.2) is 44.6 Å². The van der Waals surface area contributed by atoms with E-state index in [-0.39, 0.29) is 17.3 Å². The van der Waals surface area contributed by atoms with E-state index in [9.17, 15) is 9.65 Å². The second kappa shape index (κ2) is 6.83. The van der Waals surface area contributed by atoms with E-state index < -0.39 is 5.82 Å². The smallest absolute Gasteiger partial charge is 0.171 e. The van der Waals surface area contributed by atoms with E-state index in [0.717, 1.165) is 41.6 Å². The van der Waals surface area contributed by atoms with E-state index in [4.69, 9.17) is 22.4 Å². The van der Waals surface area contributed by atoms with E-state index >= 15 is 0 Å². The summed E-state index contributed by atoms with van der Waals surface area (Å²) in [6.45, 7) is 6.81. The summed E-state index contributed by atoms with van der Waals surface area (Å²) in [5, 5.41) is 19.9. The summed E-state index contributed by atoms with van der Waals surface area (Å²) >= 11 is 6.69. The van der Waals surface area contributed by atoms with Gasteiger partial charge >= 0.3 is 0 Å². The van der Waals surface area contributed by atoms with E-state index in [1.165, 1.54) is 4.52 Å². The van der Waals surface area contributed by atoms with Crippen molar-refractivity contribution in [2.24, 2.45) is 5.73 Å². The van der Waals surface area contributed by atoms with Gasteiger partial charge in [-0.3, -0.25) is 4.68 Å². The van der Waals surface area contributed by atoms with Crippen LogP contribution in [0.3, 0.4) is 0 Å². The number of hydrogen-bond acceptors (Lipinski definition) is 6. The number of fused-ring (bicyclic) bond motifs is 4. The third-order valence-electron chi connectivity index (χ3n) is 6.61. The Balaban J connectivity index is 1.43. The van der Waals surface area contributed by atoms with E-state index in [1.54, 1.807) is 12.1 Å². The van der Waals surface area contributed by atoms with Crippen molar-refractivity contribution in [3.8, 4) is 6.07 Å². The summed E-state index contributed by atoms with van der Waals surface area (Å²) in [5.41, 5.74) is 10.1. The Hall–Kier alpha value is -3.35. The molecule has 1 atom stereocenters. The zero-order chi connectivity index (χ0) is 23.1.